The number of amides is 1. The Balaban J connectivity index is 1.55. The van der Waals surface area contributed by atoms with Crippen molar-refractivity contribution in [2.75, 3.05) is 13.2 Å². The van der Waals surface area contributed by atoms with Gasteiger partial charge in [0.1, 0.15) is 17.7 Å². The fraction of sp³-hybridized carbons (Fsp3) is 0.429. The SMILES string of the molecule is O=C(NCCc1nc2ccc(F)cc2[nH]1)[C@H]1CCCO1. The van der Waals surface area contributed by atoms with Gasteiger partial charge in [-0.15, -0.1) is 0 Å². The van der Waals surface area contributed by atoms with Crippen LogP contribution >= 0.6 is 0 Å². The molecule has 1 aromatic carbocycles. The Hall–Kier alpha value is -1.95. The highest BCUT2D eigenvalue weighted by Gasteiger charge is 2.22. The van der Waals surface area contributed by atoms with Crippen LogP contribution in [0.5, 0.6) is 0 Å². The molecule has 0 aliphatic carbocycles. The Morgan fingerprint density at radius 1 is 1.55 bits per heavy atom. The van der Waals surface area contributed by atoms with Crippen molar-refractivity contribution in [2.45, 2.75) is 25.4 Å². The van der Waals surface area contributed by atoms with Crippen LogP contribution in [0.3, 0.4) is 0 Å². The summed E-state index contributed by atoms with van der Waals surface area (Å²) in [4.78, 5) is 19.1. The van der Waals surface area contributed by atoms with Crippen molar-refractivity contribution >= 4 is 16.9 Å². The molecule has 0 radical (unpaired) electrons. The highest BCUT2D eigenvalue weighted by molar-refractivity contribution is 5.81. The number of carbonyl (C=O) groups is 1. The molecule has 1 saturated heterocycles. The van der Waals surface area contributed by atoms with E-state index in [0.717, 1.165) is 24.2 Å². The summed E-state index contributed by atoms with van der Waals surface area (Å²) in [6.45, 7) is 1.15. The number of hydrogen-bond donors (Lipinski definition) is 2. The largest absolute Gasteiger partial charge is 0.368 e. The molecule has 3 rings (SSSR count). The summed E-state index contributed by atoms with van der Waals surface area (Å²) in [7, 11) is 0. The highest BCUT2D eigenvalue weighted by Crippen LogP contribution is 2.13. The number of carbonyl (C=O) groups excluding carboxylic acids is 1. The van der Waals surface area contributed by atoms with Crippen LogP contribution in [0.1, 0.15) is 18.7 Å². The van der Waals surface area contributed by atoms with Gasteiger partial charge in [-0.3, -0.25) is 4.79 Å². The summed E-state index contributed by atoms with van der Waals surface area (Å²) >= 11 is 0. The number of ether oxygens (including phenoxy) is 1. The lowest BCUT2D eigenvalue weighted by molar-refractivity contribution is -0.129. The number of H-pyrrole nitrogens is 1. The highest BCUT2D eigenvalue weighted by atomic mass is 19.1. The summed E-state index contributed by atoms with van der Waals surface area (Å²) in [6.07, 6.45) is 2.00. The van der Waals surface area contributed by atoms with Crippen molar-refractivity contribution in [3.63, 3.8) is 0 Å². The molecule has 0 bridgehead atoms. The zero-order valence-electron chi connectivity index (χ0n) is 11.0. The van der Waals surface area contributed by atoms with Crippen molar-refractivity contribution in [1.29, 1.82) is 0 Å². The maximum Gasteiger partial charge on any atom is 0.249 e. The number of aromatic amines is 1. The number of halogens is 1. The number of benzene rings is 1. The maximum atomic E-state index is 13.1. The molecule has 106 valence electrons. The summed E-state index contributed by atoms with van der Waals surface area (Å²) in [5, 5.41) is 2.83. The Morgan fingerprint density at radius 3 is 3.25 bits per heavy atom. The number of nitrogens with one attached hydrogen (secondary N) is 2. The minimum Gasteiger partial charge on any atom is -0.368 e. The van der Waals surface area contributed by atoms with Gasteiger partial charge in [0.15, 0.2) is 0 Å². The molecule has 0 saturated carbocycles. The van der Waals surface area contributed by atoms with E-state index in [0.29, 0.717) is 25.1 Å². The topological polar surface area (TPSA) is 67.0 Å². The lowest BCUT2D eigenvalue weighted by atomic mass is 10.2. The molecule has 2 N–H and O–H groups in total. The first-order valence-electron chi connectivity index (χ1n) is 6.76. The second-order valence-corrected chi connectivity index (χ2v) is 4.89. The van der Waals surface area contributed by atoms with E-state index in [1.807, 2.05) is 0 Å². The van der Waals surface area contributed by atoms with E-state index in [4.69, 9.17) is 4.74 Å². The van der Waals surface area contributed by atoms with Crippen molar-refractivity contribution in [1.82, 2.24) is 15.3 Å². The number of rotatable bonds is 4. The Labute approximate surface area is 115 Å². The molecule has 1 aromatic heterocycles. The van der Waals surface area contributed by atoms with Crippen molar-refractivity contribution < 1.29 is 13.9 Å². The smallest absolute Gasteiger partial charge is 0.249 e. The first-order valence-corrected chi connectivity index (χ1v) is 6.76. The molecule has 1 amide bonds. The third kappa shape index (κ3) is 2.80. The predicted octanol–water partition coefficient (Wildman–Crippen LogP) is 1.54. The van der Waals surface area contributed by atoms with Gasteiger partial charge < -0.3 is 15.0 Å². The first-order chi connectivity index (χ1) is 9.72. The molecule has 20 heavy (non-hydrogen) atoms. The maximum absolute atomic E-state index is 13.1. The van der Waals surface area contributed by atoms with Gasteiger partial charge >= 0.3 is 0 Å². The lowest BCUT2D eigenvalue weighted by Gasteiger charge is -2.09. The molecule has 5 nitrogen and oxygen atoms in total. The minimum absolute atomic E-state index is 0.0651. The van der Waals surface area contributed by atoms with Crippen LogP contribution in [-0.4, -0.2) is 35.1 Å². The van der Waals surface area contributed by atoms with E-state index in [2.05, 4.69) is 15.3 Å². The van der Waals surface area contributed by atoms with Crippen LogP contribution in [0.2, 0.25) is 0 Å². The van der Waals surface area contributed by atoms with Gasteiger partial charge in [0.25, 0.3) is 0 Å². The third-order valence-electron chi connectivity index (χ3n) is 3.38. The van der Waals surface area contributed by atoms with Crippen LogP contribution < -0.4 is 5.32 Å². The molecule has 0 spiro atoms. The fourth-order valence-electron chi connectivity index (χ4n) is 2.36. The lowest BCUT2D eigenvalue weighted by Crippen LogP contribution is -2.35. The average molecular weight is 277 g/mol. The van der Waals surface area contributed by atoms with E-state index < -0.39 is 0 Å². The number of nitrogens with zero attached hydrogens (tertiary/aromatic N) is 1. The van der Waals surface area contributed by atoms with Crippen molar-refractivity contribution in [3.8, 4) is 0 Å². The number of imidazole rings is 1. The Morgan fingerprint density at radius 2 is 2.45 bits per heavy atom. The molecular weight excluding hydrogens is 261 g/mol. The van der Waals surface area contributed by atoms with Crippen LogP contribution in [0, 0.1) is 5.82 Å². The molecule has 6 heteroatoms. The zero-order chi connectivity index (χ0) is 13.9. The second kappa shape index (κ2) is 5.58. The van der Waals surface area contributed by atoms with Gasteiger partial charge in [-0.05, 0) is 31.0 Å². The third-order valence-corrected chi connectivity index (χ3v) is 3.38. The van der Waals surface area contributed by atoms with Gasteiger partial charge in [-0.2, -0.15) is 0 Å². The molecule has 2 aromatic rings. The van der Waals surface area contributed by atoms with Gasteiger partial charge in [-0.25, -0.2) is 9.37 Å². The number of fused-ring (bicyclic) bond motifs is 1. The summed E-state index contributed by atoms with van der Waals surface area (Å²) in [5.74, 6) is 0.377. The van der Waals surface area contributed by atoms with Crippen molar-refractivity contribution in [2.24, 2.45) is 0 Å². The van der Waals surface area contributed by atoms with E-state index in [1.54, 1.807) is 6.07 Å². The normalized spacial score (nSPS) is 18.6. The van der Waals surface area contributed by atoms with E-state index in [-0.39, 0.29) is 17.8 Å². The van der Waals surface area contributed by atoms with Gasteiger partial charge in [0, 0.05) is 19.6 Å². The monoisotopic (exact) mass is 277 g/mol. The van der Waals surface area contributed by atoms with E-state index in [1.165, 1.54) is 12.1 Å². The molecule has 1 aliphatic heterocycles. The standard InChI is InChI=1S/C14H16FN3O2/c15-9-3-4-10-11(8-9)18-13(17-10)5-6-16-14(19)12-2-1-7-20-12/h3-4,8,12H,1-2,5-7H2,(H,16,19)(H,17,18)/t12-/m1/s1. The zero-order valence-corrected chi connectivity index (χ0v) is 11.0. The molecule has 1 atom stereocenters. The minimum atomic E-state index is -0.306. The van der Waals surface area contributed by atoms with Crippen molar-refractivity contribution in [3.05, 3.63) is 29.8 Å². The quantitative estimate of drug-likeness (QED) is 0.890. The number of hydrogen-bond acceptors (Lipinski definition) is 3. The molecule has 1 fully saturated rings. The molecule has 2 heterocycles. The van der Waals surface area contributed by atoms with Crippen LogP contribution in [-0.2, 0) is 16.0 Å². The van der Waals surface area contributed by atoms with Gasteiger partial charge in [-0.1, -0.05) is 0 Å². The Bertz CT molecular complexity index is 620. The van der Waals surface area contributed by atoms with E-state index in [9.17, 15) is 9.18 Å². The second-order valence-electron chi connectivity index (χ2n) is 4.89. The van der Waals surface area contributed by atoms with Gasteiger partial charge in [0.05, 0.1) is 11.0 Å². The first kappa shape index (κ1) is 13.1. The molecule has 0 unspecified atom stereocenters. The number of aromatic nitrogens is 2. The van der Waals surface area contributed by atoms with Gasteiger partial charge in [0.2, 0.25) is 5.91 Å². The predicted molar refractivity (Wildman–Crippen MR) is 71.7 cm³/mol. The summed E-state index contributed by atoms with van der Waals surface area (Å²) in [5.41, 5.74) is 1.40. The molecular formula is C14H16FN3O2. The summed E-state index contributed by atoms with van der Waals surface area (Å²) < 4.78 is 18.4. The van der Waals surface area contributed by atoms with E-state index >= 15 is 0 Å². The van der Waals surface area contributed by atoms with Crippen LogP contribution in [0.15, 0.2) is 18.2 Å². The average Bonchev–Trinajstić information content (AvgIpc) is 3.06. The van der Waals surface area contributed by atoms with Crippen LogP contribution in [0.25, 0.3) is 11.0 Å². The molecule has 1 aliphatic rings. The van der Waals surface area contributed by atoms with Crippen LogP contribution in [0.4, 0.5) is 4.39 Å². The Kier molecular flexibility index (Phi) is 3.64. The fourth-order valence-corrected chi connectivity index (χ4v) is 2.36. The summed E-state index contributed by atoms with van der Waals surface area (Å²) in [6, 6.07) is 4.43.